The standard InChI is InChI=1S/C16H10N4O6/c21-19(22)11-1-5-13(6-2-11)25-15-9-10-17-16(18-15)26-14-7-3-12(4-8-14)20(23)24/h1-10H. The fourth-order valence-corrected chi connectivity index (χ4v) is 1.93. The van der Waals surface area contributed by atoms with Crippen LogP contribution in [0, 0.1) is 20.2 Å². The van der Waals surface area contributed by atoms with Gasteiger partial charge in [-0.3, -0.25) is 20.2 Å². The maximum Gasteiger partial charge on any atom is 0.325 e. The molecule has 1 aromatic heterocycles. The molecule has 0 saturated carbocycles. The van der Waals surface area contributed by atoms with Gasteiger partial charge >= 0.3 is 6.01 Å². The molecule has 0 fully saturated rings. The highest BCUT2D eigenvalue weighted by Crippen LogP contribution is 2.25. The van der Waals surface area contributed by atoms with Gasteiger partial charge < -0.3 is 9.47 Å². The smallest absolute Gasteiger partial charge is 0.325 e. The molecule has 0 spiro atoms. The van der Waals surface area contributed by atoms with Crippen LogP contribution in [0.15, 0.2) is 60.8 Å². The van der Waals surface area contributed by atoms with E-state index < -0.39 is 9.85 Å². The van der Waals surface area contributed by atoms with Gasteiger partial charge in [0.1, 0.15) is 11.5 Å². The van der Waals surface area contributed by atoms with E-state index in [-0.39, 0.29) is 23.3 Å². The Balaban J connectivity index is 1.71. The monoisotopic (exact) mass is 354 g/mol. The second-order valence-corrected chi connectivity index (χ2v) is 4.88. The SMILES string of the molecule is O=[N+]([O-])c1ccc(Oc2ccnc(Oc3ccc([N+](=O)[O-])cc3)n2)cc1. The number of non-ortho nitro benzene ring substituents is 2. The maximum atomic E-state index is 10.6. The van der Waals surface area contributed by atoms with Gasteiger partial charge in [0.05, 0.1) is 9.85 Å². The fourth-order valence-electron chi connectivity index (χ4n) is 1.93. The summed E-state index contributed by atoms with van der Waals surface area (Å²) in [6.45, 7) is 0. The Kier molecular flexibility index (Phi) is 4.65. The lowest BCUT2D eigenvalue weighted by molar-refractivity contribution is -0.385. The van der Waals surface area contributed by atoms with Crippen LogP contribution in [0.25, 0.3) is 0 Å². The van der Waals surface area contributed by atoms with E-state index in [9.17, 15) is 20.2 Å². The molecule has 0 atom stereocenters. The molecular weight excluding hydrogens is 344 g/mol. The highest BCUT2D eigenvalue weighted by molar-refractivity contribution is 5.38. The summed E-state index contributed by atoms with van der Waals surface area (Å²) in [5.41, 5.74) is -0.115. The van der Waals surface area contributed by atoms with Crippen LogP contribution in [0.5, 0.6) is 23.4 Å². The first-order valence-corrected chi connectivity index (χ1v) is 7.19. The number of nitro groups is 2. The first kappa shape index (κ1) is 16.8. The van der Waals surface area contributed by atoms with Gasteiger partial charge in [0.25, 0.3) is 11.4 Å². The molecule has 2 aromatic carbocycles. The fraction of sp³-hybridized carbons (Fsp3) is 0. The first-order chi connectivity index (χ1) is 12.5. The van der Waals surface area contributed by atoms with Crippen LogP contribution in [0.1, 0.15) is 0 Å². The predicted octanol–water partition coefficient (Wildman–Crippen LogP) is 3.88. The minimum Gasteiger partial charge on any atom is -0.439 e. The van der Waals surface area contributed by atoms with Crippen LogP contribution in [-0.2, 0) is 0 Å². The molecule has 0 N–H and O–H groups in total. The molecule has 3 aromatic rings. The average Bonchev–Trinajstić information content (AvgIpc) is 2.63. The second kappa shape index (κ2) is 7.21. The maximum absolute atomic E-state index is 10.6. The van der Waals surface area contributed by atoms with Crippen LogP contribution in [-0.4, -0.2) is 19.8 Å². The lowest BCUT2D eigenvalue weighted by Crippen LogP contribution is -1.95. The number of benzene rings is 2. The highest BCUT2D eigenvalue weighted by atomic mass is 16.6. The van der Waals surface area contributed by atoms with Crippen molar-refractivity contribution < 1.29 is 19.3 Å². The molecule has 0 aliphatic heterocycles. The van der Waals surface area contributed by atoms with Gasteiger partial charge in [0.15, 0.2) is 0 Å². The molecule has 0 bridgehead atoms. The van der Waals surface area contributed by atoms with Crippen molar-refractivity contribution in [3.63, 3.8) is 0 Å². The summed E-state index contributed by atoms with van der Waals surface area (Å²) < 4.78 is 10.9. The highest BCUT2D eigenvalue weighted by Gasteiger charge is 2.09. The molecule has 1 heterocycles. The number of nitro benzene ring substituents is 2. The van der Waals surface area contributed by atoms with Gasteiger partial charge in [-0.05, 0) is 24.3 Å². The zero-order chi connectivity index (χ0) is 18.5. The third-order valence-electron chi connectivity index (χ3n) is 3.13. The van der Waals surface area contributed by atoms with E-state index in [1.54, 1.807) is 0 Å². The minimum atomic E-state index is -0.515. The summed E-state index contributed by atoms with van der Waals surface area (Å²) in [6, 6.07) is 12.4. The first-order valence-electron chi connectivity index (χ1n) is 7.19. The number of ether oxygens (including phenoxy) is 2. The Morgan fingerprint density at radius 3 is 1.73 bits per heavy atom. The summed E-state index contributed by atoms with van der Waals surface area (Å²) in [4.78, 5) is 28.2. The second-order valence-electron chi connectivity index (χ2n) is 4.88. The lowest BCUT2D eigenvalue weighted by atomic mass is 10.3. The number of hydrogen-bond acceptors (Lipinski definition) is 8. The van der Waals surface area contributed by atoms with E-state index in [1.807, 2.05) is 0 Å². The molecular formula is C16H10N4O6. The van der Waals surface area contributed by atoms with Gasteiger partial charge in [0, 0.05) is 36.5 Å². The number of hydrogen-bond donors (Lipinski definition) is 0. The van der Waals surface area contributed by atoms with E-state index in [4.69, 9.17) is 9.47 Å². The predicted molar refractivity (Wildman–Crippen MR) is 88.4 cm³/mol. The Labute approximate surface area is 146 Å². The van der Waals surface area contributed by atoms with Crippen molar-refractivity contribution in [2.75, 3.05) is 0 Å². The van der Waals surface area contributed by atoms with Crippen molar-refractivity contribution in [3.05, 3.63) is 81.0 Å². The lowest BCUT2D eigenvalue weighted by Gasteiger charge is -2.07. The zero-order valence-electron chi connectivity index (χ0n) is 13.0. The summed E-state index contributed by atoms with van der Waals surface area (Å²) in [7, 11) is 0. The Morgan fingerprint density at radius 2 is 1.23 bits per heavy atom. The van der Waals surface area contributed by atoms with E-state index >= 15 is 0 Å². The van der Waals surface area contributed by atoms with Crippen LogP contribution in [0.2, 0.25) is 0 Å². The topological polar surface area (TPSA) is 131 Å². The van der Waals surface area contributed by atoms with Gasteiger partial charge in [-0.15, -0.1) is 0 Å². The average molecular weight is 354 g/mol. The summed E-state index contributed by atoms with van der Waals surface area (Å²) >= 11 is 0. The number of rotatable bonds is 6. The van der Waals surface area contributed by atoms with Gasteiger partial charge in [-0.25, -0.2) is 4.98 Å². The molecule has 0 radical (unpaired) electrons. The number of nitrogens with zero attached hydrogens (tertiary/aromatic N) is 4. The third-order valence-corrected chi connectivity index (χ3v) is 3.13. The van der Waals surface area contributed by atoms with Crippen LogP contribution < -0.4 is 9.47 Å². The van der Waals surface area contributed by atoms with E-state index in [0.29, 0.717) is 11.5 Å². The van der Waals surface area contributed by atoms with E-state index in [0.717, 1.165) is 0 Å². The van der Waals surface area contributed by atoms with Crippen molar-refractivity contribution >= 4 is 11.4 Å². The molecule has 10 nitrogen and oxygen atoms in total. The zero-order valence-corrected chi connectivity index (χ0v) is 13.0. The van der Waals surface area contributed by atoms with Crippen LogP contribution in [0.4, 0.5) is 11.4 Å². The van der Waals surface area contributed by atoms with Crippen molar-refractivity contribution in [2.24, 2.45) is 0 Å². The van der Waals surface area contributed by atoms with Crippen LogP contribution >= 0.6 is 0 Å². The molecule has 0 amide bonds. The number of aromatic nitrogens is 2. The molecule has 0 aliphatic carbocycles. The Hall–Kier alpha value is -4.08. The molecule has 10 heteroatoms. The van der Waals surface area contributed by atoms with Gasteiger partial charge in [-0.2, -0.15) is 4.98 Å². The quantitative estimate of drug-likeness (QED) is 0.481. The van der Waals surface area contributed by atoms with E-state index in [1.165, 1.54) is 60.8 Å². The Bertz CT molecular complexity index is 869. The normalized spacial score (nSPS) is 10.2. The summed E-state index contributed by atoms with van der Waals surface area (Å²) in [6.07, 6.45) is 1.41. The third kappa shape index (κ3) is 4.06. The van der Waals surface area contributed by atoms with Crippen molar-refractivity contribution in [2.45, 2.75) is 0 Å². The summed E-state index contributed by atoms with van der Waals surface area (Å²) in [5, 5.41) is 21.3. The summed E-state index contributed by atoms with van der Waals surface area (Å²) in [5.74, 6) is 0.851. The minimum absolute atomic E-state index is 0.0155. The van der Waals surface area contributed by atoms with Crippen molar-refractivity contribution in [1.82, 2.24) is 9.97 Å². The molecule has 26 heavy (non-hydrogen) atoms. The molecule has 0 aliphatic rings. The van der Waals surface area contributed by atoms with Crippen molar-refractivity contribution in [3.8, 4) is 23.4 Å². The molecule has 130 valence electrons. The van der Waals surface area contributed by atoms with Gasteiger partial charge in [-0.1, -0.05) is 0 Å². The molecule has 0 unspecified atom stereocenters. The Morgan fingerprint density at radius 1 is 0.731 bits per heavy atom. The van der Waals surface area contributed by atoms with E-state index in [2.05, 4.69) is 9.97 Å². The largest absolute Gasteiger partial charge is 0.439 e. The molecule has 3 rings (SSSR count). The molecule has 0 saturated heterocycles. The van der Waals surface area contributed by atoms with Crippen LogP contribution in [0.3, 0.4) is 0 Å². The van der Waals surface area contributed by atoms with Gasteiger partial charge in [0.2, 0.25) is 5.88 Å². The van der Waals surface area contributed by atoms with Crippen molar-refractivity contribution in [1.29, 1.82) is 0 Å².